The highest BCUT2D eigenvalue weighted by Crippen LogP contribution is 2.21. The molecule has 0 aliphatic carbocycles. The maximum Gasteiger partial charge on any atom is 0.389 e. The molecule has 0 atom stereocenters. The van der Waals surface area contributed by atoms with Gasteiger partial charge in [-0.3, -0.25) is 4.98 Å². The zero-order valence-electron chi connectivity index (χ0n) is 8.70. The van der Waals surface area contributed by atoms with E-state index in [2.05, 4.69) is 4.98 Å². The number of aromatic nitrogens is 1. The van der Waals surface area contributed by atoms with Crippen molar-refractivity contribution in [3.8, 4) is 5.75 Å². The van der Waals surface area contributed by atoms with Gasteiger partial charge in [0.25, 0.3) is 0 Å². The van der Waals surface area contributed by atoms with Crippen LogP contribution in [0.3, 0.4) is 0 Å². The first-order valence-corrected chi connectivity index (χ1v) is 4.76. The standard InChI is InChI=1S/C10H10F3NO3/c11-10(12,13)2-1-3-17-8-4-7(9(15)16)5-14-6-8/h4-6H,1-3H2,(H,15,16). The Kier molecular flexibility index (Phi) is 4.30. The maximum absolute atomic E-state index is 11.8. The third kappa shape index (κ3) is 5.19. The Morgan fingerprint density at radius 2 is 2.12 bits per heavy atom. The summed E-state index contributed by atoms with van der Waals surface area (Å²) in [6.07, 6.45) is -2.94. The zero-order valence-corrected chi connectivity index (χ0v) is 8.70. The molecule has 1 rings (SSSR count). The molecule has 0 aliphatic heterocycles. The van der Waals surface area contributed by atoms with E-state index < -0.39 is 18.6 Å². The Balaban J connectivity index is 2.42. The number of hydrogen-bond acceptors (Lipinski definition) is 3. The number of rotatable bonds is 5. The summed E-state index contributed by atoms with van der Waals surface area (Å²) in [5.74, 6) is -1.02. The molecule has 1 heterocycles. The van der Waals surface area contributed by atoms with Crippen LogP contribution in [-0.4, -0.2) is 28.8 Å². The lowest BCUT2D eigenvalue weighted by molar-refractivity contribution is -0.136. The quantitative estimate of drug-likeness (QED) is 0.814. The van der Waals surface area contributed by atoms with Crippen molar-refractivity contribution in [2.45, 2.75) is 19.0 Å². The maximum atomic E-state index is 11.8. The van der Waals surface area contributed by atoms with Crippen molar-refractivity contribution in [1.82, 2.24) is 4.98 Å². The number of alkyl halides is 3. The molecule has 4 nitrogen and oxygen atoms in total. The van der Waals surface area contributed by atoms with Crippen LogP contribution in [0.5, 0.6) is 5.75 Å². The zero-order chi connectivity index (χ0) is 12.9. The average Bonchev–Trinajstić information content (AvgIpc) is 2.23. The summed E-state index contributed by atoms with van der Waals surface area (Å²) in [5, 5.41) is 8.64. The molecule has 17 heavy (non-hydrogen) atoms. The average molecular weight is 249 g/mol. The molecule has 94 valence electrons. The van der Waals surface area contributed by atoms with Crippen LogP contribution in [0.25, 0.3) is 0 Å². The number of carbonyl (C=O) groups is 1. The molecule has 0 saturated carbocycles. The first-order valence-electron chi connectivity index (χ1n) is 4.76. The summed E-state index contributed by atoms with van der Waals surface area (Å²) in [4.78, 5) is 14.2. The van der Waals surface area contributed by atoms with Crippen LogP contribution >= 0.6 is 0 Å². The van der Waals surface area contributed by atoms with E-state index >= 15 is 0 Å². The number of carboxylic acid groups (broad SMARTS) is 1. The predicted octanol–water partition coefficient (Wildman–Crippen LogP) is 2.50. The highest BCUT2D eigenvalue weighted by molar-refractivity contribution is 5.87. The molecule has 1 N–H and O–H groups in total. The molecule has 0 amide bonds. The number of nitrogens with zero attached hydrogens (tertiary/aromatic N) is 1. The molecule has 0 bridgehead atoms. The van der Waals surface area contributed by atoms with Crippen LogP contribution in [0, 0.1) is 0 Å². The molecule has 0 fully saturated rings. The minimum absolute atomic E-state index is 0.0710. The van der Waals surface area contributed by atoms with E-state index in [0.29, 0.717) is 0 Å². The fourth-order valence-electron chi connectivity index (χ4n) is 1.08. The Labute approximate surface area is 95.0 Å². The Hall–Kier alpha value is -1.79. The summed E-state index contributed by atoms with van der Waals surface area (Å²) in [6.45, 7) is -0.135. The summed E-state index contributed by atoms with van der Waals surface area (Å²) >= 11 is 0. The largest absolute Gasteiger partial charge is 0.492 e. The van der Waals surface area contributed by atoms with E-state index in [1.807, 2.05) is 0 Å². The number of carboxylic acids is 1. The highest BCUT2D eigenvalue weighted by atomic mass is 19.4. The molecule has 0 aromatic carbocycles. The predicted molar refractivity (Wildman–Crippen MR) is 52.0 cm³/mol. The van der Waals surface area contributed by atoms with Crippen LogP contribution < -0.4 is 4.74 Å². The topological polar surface area (TPSA) is 59.4 Å². The lowest BCUT2D eigenvalue weighted by Gasteiger charge is -2.08. The smallest absolute Gasteiger partial charge is 0.389 e. The summed E-state index contributed by atoms with van der Waals surface area (Å²) in [5.41, 5.74) is -0.0710. The van der Waals surface area contributed by atoms with E-state index in [9.17, 15) is 18.0 Å². The van der Waals surface area contributed by atoms with Crippen LogP contribution in [0.4, 0.5) is 13.2 Å². The molecule has 0 saturated heterocycles. The number of hydrogen-bond donors (Lipinski definition) is 1. The van der Waals surface area contributed by atoms with Crippen molar-refractivity contribution in [3.05, 3.63) is 24.0 Å². The van der Waals surface area contributed by atoms with Crippen molar-refractivity contribution >= 4 is 5.97 Å². The van der Waals surface area contributed by atoms with Crippen LogP contribution in [-0.2, 0) is 0 Å². The molecule has 1 aromatic rings. The normalized spacial score (nSPS) is 11.2. The van der Waals surface area contributed by atoms with Gasteiger partial charge in [0.2, 0.25) is 0 Å². The van der Waals surface area contributed by atoms with Crippen molar-refractivity contribution < 1.29 is 27.8 Å². The fourth-order valence-corrected chi connectivity index (χ4v) is 1.08. The summed E-state index contributed by atoms with van der Waals surface area (Å²) in [7, 11) is 0. The monoisotopic (exact) mass is 249 g/mol. The number of pyridine rings is 1. The van der Waals surface area contributed by atoms with Gasteiger partial charge in [-0.1, -0.05) is 0 Å². The Morgan fingerprint density at radius 1 is 1.41 bits per heavy atom. The van der Waals surface area contributed by atoms with Gasteiger partial charge >= 0.3 is 12.1 Å². The van der Waals surface area contributed by atoms with Gasteiger partial charge in [-0.05, 0) is 12.5 Å². The van der Waals surface area contributed by atoms with Gasteiger partial charge in [-0.2, -0.15) is 13.2 Å². The van der Waals surface area contributed by atoms with Crippen molar-refractivity contribution in [1.29, 1.82) is 0 Å². The lowest BCUT2D eigenvalue weighted by atomic mass is 10.3. The SMILES string of the molecule is O=C(O)c1cncc(OCCCC(F)(F)F)c1. The first-order chi connectivity index (χ1) is 7.88. The number of aromatic carboxylic acids is 1. The molecule has 1 aromatic heterocycles. The van der Waals surface area contributed by atoms with Gasteiger partial charge in [0.05, 0.1) is 18.4 Å². The minimum atomic E-state index is -4.20. The van der Waals surface area contributed by atoms with E-state index in [0.717, 1.165) is 6.20 Å². The highest BCUT2D eigenvalue weighted by Gasteiger charge is 2.26. The molecular weight excluding hydrogens is 239 g/mol. The van der Waals surface area contributed by atoms with Gasteiger partial charge in [0.1, 0.15) is 5.75 Å². The third-order valence-electron chi connectivity index (χ3n) is 1.83. The van der Waals surface area contributed by atoms with Crippen molar-refractivity contribution in [2.75, 3.05) is 6.61 Å². The molecular formula is C10H10F3NO3. The minimum Gasteiger partial charge on any atom is -0.492 e. The van der Waals surface area contributed by atoms with Gasteiger partial charge in [-0.25, -0.2) is 4.79 Å². The van der Waals surface area contributed by atoms with Gasteiger partial charge in [-0.15, -0.1) is 0 Å². The van der Waals surface area contributed by atoms with Gasteiger partial charge in [0, 0.05) is 12.6 Å². The second-order valence-electron chi connectivity index (χ2n) is 3.28. The molecule has 0 aliphatic rings. The summed E-state index contributed by atoms with van der Waals surface area (Å²) < 4.78 is 40.4. The summed E-state index contributed by atoms with van der Waals surface area (Å²) in [6, 6.07) is 1.21. The van der Waals surface area contributed by atoms with Crippen molar-refractivity contribution in [3.63, 3.8) is 0 Å². The van der Waals surface area contributed by atoms with E-state index in [1.54, 1.807) is 0 Å². The molecule has 0 spiro atoms. The third-order valence-corrected chi connectivity index (χ3v) is 1.83. The number of halogens is 3. The Bertz CT molecular complexity index is 393. The molecule has 0 unspecified atom stereocenters. The van der Waals surface area contributed by atoms with Crippen LogP contribution in [0.15, 0.2) is 18.5 Å². The Morgan fingerprint density at radius 3 is 2.71 bits per heavy atom. The second-order valence-corrected chi connectivity index (χ2v) is 3.28. The van der Waals surface area contributed by atoms with Gasteiger partial charge in [0.15, 0.2) is 0 Å². The molecule has 7 heteroatoms. The van der Waals surface area contributed by atoms with Gasteiger partial charge < -0.3 is 9.84 Å². The van der Waals surface area contributed by atoms with Crippen LogP contribution in [0.1, 0.15) is 23.2 Å². The molecule has 0 radical (unpaired) electrons. The van der Waals surface area contributed by atoms with Crippen molar-refractivity contribution in [2.24, 2.45) is 0 Å². The van der Waals surface area contributed by atoms with E-state index in [4.69, 9.17) is 9.84 Å². The fraction of sp³-hybridized carbons (Fsp3) is 0.400. The number of ether oxygens (including phenoxy) is 1. The van der Waals surface area contributed by atoms with E-state index in [-0.39, 0.29) is 24.3 Å². The van der Waals surface area contributed by atoms with Crippen LogP contribution in [0.2, 0.25) is 0 Å². The second kappa shape index (κ2) is 5.51. The first kappa shape index (κ1) is 13.3. The lowest BCUT2D eigenvalue weighted by Crippen LogP contribution is -2.10. The van der Waals surface area contributed by atoms with E-state index in [1.165, 1.54) is 12.3 Å².